The van der Waals surface area contributed by atoms with E-state index in [0.29, 0.717) is 17.9 Å². The molecule has 2 rings (SSSR count). The first-order chi connectivity index (χ1) is 10.1. The number of carbonyl (C=O) groups is 1. The number of nitrogens with one attached hydrogen (secondary N) is 1. The van der Waals surface area contributed by atoms with Crippen LogP contribution in [0.4, 0.5) is 0 Å². The van der Waals surface area contributed by atoms with Crippen molar-refractivity contribution in [2.75, 3.05) is 0 Å². The summed E-state index contributed by atoms with van der Waals surface area (Å²) in [6.07, 6.45) is 0.0380. The summed E-state index contributed by atoms with van der Waals surface area (Å²) in [6.45, 7) is 6.44. The summed E-state index contributed by atoms with van der Waals surface area (Å²) in [6, 6.07) is 15.4. The molecule has 2 aromatic carbocycles. The Kier molecular flexibility index (Phi) is 4.99. The van der Waals surface area contributed by atoms with E-state index >= 15 is 0 Å². The number of amides is 1. The zero-order valence-corrected chi connectivity index (χ0v) is 12.7. The van der Waals surface area contributed by atoms with E-state index < -0.39 is 0 Å². The second-order valence-corrected chi connectivity index (χ2v) is 5.33. The van der Waals surface area contributed by atoms with E-state index in [1.54, 1.807) is 6.07 Å². The highest BCUT2D eigenvalue weighted by atomic mass is 16.5. The lowest BCUT2D eigenvalue weighted by Gasteiger charge is -2.14. The maximum Gasteiger partial charge on any atom is 0.255 e. The zero-order chi connectivity index (χ0) is 15.2. The number of ether oxygens (including phenoxy) is 1. The Bertz CT molecular complexity index is 603. The first-order valence-corrected chi connectivity index (χ1v) is 7.15. The number of hydrogen-bond acceptors (Lipinski definition) is 2. The number of benzene rings is 2. The molecule has 0 saturated carbocycles. The van der Waals surface area contributed by atoms with E-state index in [1.807, 2.05) is 63.2 Å². The maximum absolute atomic E-state index is 12.3. The van der Waals surface area contributed by atoms with Gasteiger partial charge in [-0.3, -0.25) is 4.79 Å². The molecule has 3 heteroatoms. The van der Waals surface area contributed by atoms with E-state index in [0.717, 1.165) is 5.56 Å². The molecule has 0 aliphatic carbocycles. The van der Waals surface area contributed by atoms with E-state index in [9.17, 15) is 4.79 Å². The Morgan fingerprint density at radius 1 is 1.10 bits per heavy atom. The smallest absolute Gasteiger partial charge is 0.255 e. The standard InChI is InChI=1S/C18H21NO2/c1-13(2)21-17-7-5-4-6-16(17)18(20)19-12-15-10-8-14(3)9-11-15/h4-11,13H,12H2,1-3H3,(H,19,20). The van der Waals surface area contributed by atoms with Gasteiger partial charge in [-0.1, -0.05) is 42.0 Å². The van der Waals surface area contributed by atoms with E-state index in [4.69, 9.17) is 4.74 Å². The molecular formula is C18H21NO2. The second-order valence-electron chi connectivity index (χ2n) is 5.33. The van der Waals surface area contributed by atoms with Crippen LogP contribution in [0.3, 0.4) is 0 Å². The summed E-state index contributed by atoms with van der Waals surface area (Å²) >= 11 is 0. The summed E-state index contributed by atoms with van der Waals surface area (Å²) in [5.74, 6) is 0.501. The molecule has 0 unspecified atom stereocenters. The number of para-hydroxylation sites is 1. The Labute approximate surface area is 126 Å². The molecule has 0 bridgehead atoms. The van der Waals surface area contributed by atoms with Gasteiger partial charge in [0, 0.05) is 6.54 Å². The fraction of sp³-hybridized carbons (Fsp3) is 0.278. The molecule has 0 atom stereocenters. The van der Waals surface area contributed by atoms with Crippen molar-refractivity contribution in [2.24, 2.45) is 0 Å². The summed E-state index contributed by atoms with van der Waals surface area (Å²) in [7, 11) is 0. The van der Waals surface area contributed by atoms with Crippen LogP contribution >= 0.6 is 0 Å². The van der Waals surface area contributed by atoms with Crippen LogP contribution in [-0.4, -0.2) is 12.0 Å². The second kappa shape index (κ2) is 6.93. The van der Waals surface area contributed by atoms with Crippen molar-refractivity contribution < 1.29 is 9.53 Å². The summed E-state index contributed by atoms with van der Waals surface area (Å²) in [4.78, 5) is 12.3. The lowest BCUT2D eigenvalue weighted by Crippen LogP contribution is -2.24. The molecular weight excluding hydrogens is 262 g/mol. The SMILES string of the molecule is Cc1ccc(CNC(=O)c2ccccc2OC(C)C)cc1. The fourth-order valence-electron chi connectivity index (χ4n) is 1.99. The van der Waals surface area contributed by atoms with Gasteiger partial charge < -0.3 is 10.1 Å². The highest BCUT2D eigenvalue weighted by molar-refractivity contribution is 5.96. The minimum Gasteiger partial charge on any atom is -0.490 e. The van der Waals surface area contributed by atoms with Crippen molar-refractivity contribution in [1.29, 1.82) is 0 Å². The third-order valence-electron chi connectivity index (χ3n) is 3.07. The first kappa shape index (κ1) is 15.1. The van der Waals surface area contributed by atoms with E-state index in [2.05, 4.69) is 5.32 Å². The van der Waals surface area contributed by atoms with Gasteiger partial charge in [-0.25, -0.2) is 0 Å². The molecule has 0 heterocycles. The minimum atomic E-state index is -0.119. The van der Waals surface area contributed by atoms with Crippen LogP contribution in [-0.2, 0) is 6.54 Å². The van der Waals surface area contributed by atoms with Gasteiger partial charge in [0.15, 0.2) is 0 Å². The van der Waals surface area contributed by atoms with Crippen LogP contribution in [0.15, 0.2) is 48.5 Å². The third-order valence-corrected chi connectivity index (χ3v) is 3.07. The monoisotopic (exact) mass is 283 g/mol. The van der Waals surface area contributed by atoms with Crippen LogP contribution < -0.4 is 10.1 Å². The molecule has 0 fully saturated rings. The molecule has 1 N–H and O–H groups in total. The Morgan fingerprint density at radius 2 is 1.76 bits per heavy atom. The molecule has 0 saturated heterocycles. The molecule has 0 spiro atoms. The molecule has 0 aliphatic rings. The predicted molar refractivity (Wildman–Crippen MR) is 84.6 cm³/mol. The number of hydrogen-bond donors (Lipinski definition) is 1. The molecule has 21 heavy (non-hydrogen) atoms. The van der Waals surface area contributed by atoms with Gasteiger partial charge in [0.25, 0.3) is 5.91 Å². The number of rotatable bonds is 5. The maximum atomic E-state index is 12.3. The van der Waals surface area contributed by atoms with Gasteiger partial charge in [-0.15, -0.1) is 0 Å². The predicted octanol–water partition coefficient (Wildman–Crippen LogP) is 3.71. The van der Waals surface area contributed by atoms with Gasteiger partial charge in [0.2, 0.25) is 0 Å². The normalized spacial score (nSPS) is 10.5. The number of carbonyl (C=O) groups excluding carboxylic acids is 1. The van der Waals surface area contributed by atoms with Gasteiger partial charge in [-0.05, 0) is 38.5 Å². The molecule has 1 amide bonds. The van der Waals surface area contributed by atoms with Crippen LogP contribution in [0.25, 0.3) is 0 Å². The topological polar surface area (TPSA) is 38.3 Å². The molecule has 0 aliphatic heterocycles. The Balaban J connectivity index is 2.05. The summed E-state index contributed by atoms with van der Waals surface area (Å²) < 4.78 is 5.67. The number of aryl methyl sites for hydroxylation is 1. The molecule has 2 aromatic rings. The molecule has 0 radical (unpaired) electrons. The van der Waals surface area contributed by atoms with E-state index in [-0.39, 0.29) is 12.0 Å². The third kappa shape index (κ3) is 4.35. The largest absolute Gasteiger partial charge is 0.490 e. The highest BCUT2D eigenvalue weighted by Crippen LogP contribution is 2.19. The van der Waals surface area contributed by atoms with E-state index in [1.165, 1.54) is 5.56 Å². The molecule has 3 nitrogen and oxygen atoms in total. The minimum absolute atomic E-state index is 0.0380. The first-order valence-electron chi connectivity index (χ1n) is 7.15. The van der Waals surface area contributed by atoms with Gasteiger partial charge >= 0.3 is 0 Å². The van der Waals surface area contributed by atoms with Crippen LogP contribution in [0.1, 0.15) is 35.3 Å². The molecule has 110 valence electrons. The van der Waals surface area contributed by atoms with Crippen molar-refractivity contribution >= 4 is 5.91 Å². The van der Waals surface area contributed by atoms with Crippen molar-refractivity contribution in [3.63, 3.8) is 0 Å². The average Bonchev–Trinajstić information content (AvgIpc) is 2.46. The quantitative estimate of drug-likeness (QED) is 0.908. The van der Waals surface area contributed by atoms with Crippen molar-refractivity contribution in [3.8, 4) is 5.75 Å². The Morgan fingerprint density at radius 3 is 2.43 bits per heavy atom. The van der Waals surface area contributed by atoms with Crippen LogP contribution in [0, 0.1) is 6.92 Å². The Hall–Kier alpha value is -2.29. The summed E-state index contributed by atoms with van der Waals surface area (Å²) in [5.41, 5.74) is 2.86. The zero-order valence-electron chi connectivity index (χ0n) is 12.7. The summed E-state index contributed by atoms with van der Waals surface area (Å²) in [5, 5.41) is 2.93. The van der Waals surface area contributed by atoms with Crippen LogP contribution in [0.5, 0.6) is 5.75 Å². The molecule has 0 aromatic heterocycles. The average molecular weight is 283 g/mol. The van der Waals surface area contributed by atoms with Crippen LogP contribution in [0.2, 0.25) is 0 Å². The van der Waals surface area contributed by atoms with Gasteiger partial charge in [0.1, 0.15) is 5.75 Å². The van der Waals surface area contributed by atoms with Crippen molar-refractivity contribution in [2.45, 2.75) is 33.4 Å². The van der Waals surface area contributed by atoms with Gasteiger partial charge in [-0.2, -0.15) is 0 Å². The lowest BCUT2D eigenvalue weighted by atomic mass is 10.1. The van der Waals surface area contributed by atoms with Crippen molar-refractivity contribution in [3.05, 3.63) is 65.2 Å². The lowest BCUT2D eigenvalue weighted by molar-refractivity contribution is 0.0945. The fourth-order valence-corrected chi connectivity index (χ4v) is 1.99. The van der Waals surface area contributed by atoms with Gasteiger partial charge in [0.05, 0.1) is 11.7 Å². The highest BCUT2D eigenvalue weighted by Gasteiger charge is 2.12. The van der Waals surface area contributed by atoms with Crippen molar-refractivity contribution in [1.82, 2.24) is 5.32 Å².